The molecule has 0 unspecified atom stereocenters. The van der Waals surface area contributed by atoms with E-state index in [4.69, 9.17) is 11.6 Å². The molecule has 1 rings (SSSR count). The van der Waals surface area contributed by atoms with Gasteiger partial charge in [-0.05, 0) is 31.0 Å². The number of halogens is 1. The first-order chi connectivity index (χ1) is 8.15. The van der Waals surface area contributed by atoms with Gasteiger partial charge in [0.25, 0.3) is 0 Å². The van der Waals surface area contributed by atoms with Crippen molar-refractivity contribution in [3.8, 4) is 0 Å². The van der Waals surface area contributed by atoms with Crippen LogP contribution in [0.4, 0.5) is 10.5 Å². The molecule has 3 nitrogen and oxygen atoms in total. The van der Waals surface area contributed by atoms with Crippen LogP contribution in [0.3, 0.4) is 0 Å². The van der Waals surface area contributed by atoms with Crippen molar-refractivity contribution in [2.75, 3.05) is 11.9 Å². The minimum atomic E-state index is -0.175. The summed E-state index contributed by atoms with van der Waals surface area (Å²) in [5, 5.41) is 6.27. The molecule has 17 heavy (non-hydrogen) atoms. The highest BCUT2D eigenvalue weighted by atomic mass is 35.5. The van der Waals surface area contributed by atoms with Crippen LogP contribution in [-0.4, -0.2) is 12.6 Å². The normalized spacial score (nSPS) is 10.1. The molecule has 0 bridgehead atoms. The van der Waals surface area contributed by atoms with E-state index < -0.39 is 0 Å². The summed E-state index contributed by atoms with van der Waals surface area (Å²) in [5.74, 6) is 0. The minimum Gasteiger partial charge on any atom is -0.338 e. The molecule has 0 atom stereocenters. The first-order valence-corrected chi connectivity index (χ1v) is 6.33. The number of benzene rings is 1. The molecule has 0 radical (unpaired) electrons. The highest BCUT2D eigenvalue weighted by molar-refractivity contribution is 6.31. The lowest BCUT2D eigenvalue weighted by atomic mass is 10.2. The van der Waals surface area contributed by atoms with E-state index in [1.54, 1.807) is 6.07 Å². The van der Waals surface area contributed by atoms with Gasteiger partial charge in [0.2, 0.25) is 0 Å². The Kier molecular flexibility index (Phi) is 5.84. The van der Waals surface area contributed by atoms with E-state index in [1.165, 1.54) is 0 Å². The molecule has 2 amide bonds. The number of anilines is 1. The lowest BCUT2D eigenvalue weighted by molar-refractivity contribution is 0.252. The van der Waals surface area contributed by atoms with Gasteiger partial charge in [0.05, 0.1) is 0 Å². The van der Waals surface area contributed by atoms with E-state index in [-0.39, 0.29) is 6.03 Å². The van der Waals surface area contributed by atoms with E-state index >= 15 is 0 Å². The van der Waals surface area contributed by atoms with Crippen LogP contribution in [0.25, 0.3) is 0 Å². The third-order valence-electron chi connectivity index (χ3n) is 2.58. The Morgan fingerprint density at radius 3 is 2.82 bits per heavy atom. The predicted octanol–water partition coefficient (Wildman–Crippen LogP) is 3.96. The number of carbonyl (C=O) groups is 1. The van der Waals surface area contributed by atoms with Gasteiger partial charge in [0.1, 0.15) is 0 Å². The molecule has 1 aromatic rings. The smallest absolute Gasteiger partial charge is 0.319 e. The fourth-order valence-electron chi connectivity index (χ4n) is 1.49. The van der Waals surface area contributed by atoms with E-state index in [1.807, 2.05) is 19.1 Å². The fourth-order valence-corrected chi connectivity index (χ4v) is 1.66. The quantitative estimate of drug-likeness (QED) is 0.768. The maximum Gasteiger partial charge on any atom is 0.319 e. The second-order valence-corrected chi connectivity index (χ2v) is 4.41. The Labute approximate surface area is 108 Å². The van der Waals surface area contributed by atoms with Gasteiger partial charge in [0.15, 0.2) is 0 Å². The van der Waals surface area contributed by atoms with Crippen LogP contribution in [0.2, 0.25) is 5.02 Å². The molecule has 1 aromatic carbocycles. The maximum atomic E-state index is 11.6. The summed E-state index contributed by atoms with van der Waals surface area (Å²) < 4.78 is 0. The van der Waals surface area contributed by atoms with Gasteiger partial charge in [-0.1, -0.05) is 37.4 Å². The monoisotopic (exact) mass is 254 g/mol. The summed E-state index contributed by atoms with van der Waals surface area (Å²) in [5.41, 5.74) is 1.64. The van der Waals surface area contributed by atoms with Crippen molar-refractivity contribution < 1.29 is 4.79 Å². The van der Waals surface area contributed by atoms with Crippen LogP contribution >= 0.6 is 11.6 Å². The molecule has 0 saturated carbocycles. The summed E-state index contributed by atoms with van der Waals surface area (Å²) in [6.07, 6.45) is 3.30. The summed E-state index contributed by atoms with van der Waals surface area (Å²) in [6, 6.07) is 5.29. The van der Waals surface area contributed by atoms with Crippen molar-refractivity contribution in [3.63, 3.8) is 0 Å². The highest BCUT2D eigenvalue weighted by Gasteiger charge is 2.05. The summed E-state index contributed by atoms with van der Waals surface area (Å²) in [4.78, 5) is 11.6. The van der Waals surface area contributed by atoms with Crippen LogP contribution in [-0.2, 0) is 0 Å². The zero-order valence-corrected chi connectivity index (χ0v) is 11.1. The molecule has 0 spiro atoms. The van der Waals surface area contributed by atoms with Crippen LogP contribution in [0, 0.1) is 6.92 Å². The zero-order valence-electron chi connectivity index (χ0n) is 10.3. The van der Waals surface area contributed by atoms with Crippen molar-refractivity contribution in [2.45, 2.75) is 33.1 Å². The zero-order chi connectivity index (χ0) is 12.7. The average Bonchev–Trinajstić information content (AvgIpc) is 2.31. The van der Waals surface area contributed by atoms with Crippen LogP contribution < -0.4 is 10.6 Å². The maximum absolute atomic E-state index is 11.6. The molecule has 0 heterocycles. The number of urea groups is 1. The summed E-state index contributed by atoms with van der Waals surface area (Å²) in [7, 11) is 0. The first kappa shape index (κ1) is 13.8. The van der Waals surface area contributed by atoms with E-state index in [9.17, 15) is 4.79 Å². The predicted molar refractivity (Wildman–Crippen MR) is 72.7 cm³/mol. The van der Waals surface area contributed by atoms with Crippen molar-refractivity contribution in [1.29, 1.82) is 0 Å². The molecule has 2 N–H and O–H groups in total. The number of unbranched alkanes of at least 4 members (excludes halogenated alkanes) is 2. The second kappa shape index (κ2) is 7.17. The first-order valence-electron chi connectivity index (χ1n) is 5.95. The van der Waals surface area contributed by atoms with E-state index in [0.717, 1.165) is 30.5 Å². The molecule has 0 aliphatic carbocycles. The topological polar surface area (TPSA) is 41.1 Å². The molecule has 0 aliphatic rings. The van der Waals surface area contributed by atoms with E-state index in [0.29, 0.717) is 11.6 Å². The number of carbonyl (C=O) groups excluding carboxylic acids is 1. The number of hydrogen-bond acceptors (Lipinski definition) is 1. The SMILES string of the molecule is CCCCCNC(=O)Nc1cccc(Cl)c1C. The molecule has 4 heteroatoms. The lowest BCUT2D eigenvalue weighted by Crippen LogP contribution is -2.29. The Morgan fingerprint density at radius 2 is 2.12 bits per heavy atom. The standard InChI is InChI=1S/C13H19ClN2O/c1-3-4-5-9-15-13(17)16-12-8-6-7-11(14)10(12)2/h6-8H,3-5,9H2,1-2H3,(H2,15,16,17). The Hall–Kier alpha value is -1.22. The fraction of sp³-hybridized carbons (Fsp3) is 0.462. The third kappa shape index (κ3) is 4.65. The van der Waals surface area contributed by atoms with Gasteiger partial charge in [-0.3, -0.25) is 0 Å². The molecular formula is C13H19ClN2O. The van der Waals surface area contributed by atoms with Crippen molar-refractivity contribution in [3.05, 3.63) is 28.8 Å². The molecule has 0 fully saturated rings. The van der Waals surface area contributed by atoms with Crippen molar-refractivity contribution in [2.24, 2.45) is 0 Å². The average molecular weight is 255 g/mol. The number of nitrogens with one attached hydrogen (secondary N) is 2. The van der Waals surface area contributed by atoms with Gasteiger partial charge in [-0.15, -0.1) is 0 Å². The minimum absolute atomic E-state index is 0.175. The Balaban J connectivity index is 2.43. The third-order valence-corrected chi connectivity index (χ3v) is 2.99. The summed E-state index contributed by atoms with van der Waals surface area (Å²) in [6.45, 7) is 4.73. The number of rotatable bonds is 5. The molecule has 94 valence electrons. The van der Waals surface area contributed by atoms with Gasteiger partial charge in [-0.2, -0.15) is 0 Å². The molecular weight excluding hydrogens is 236 g/mol. The van der Waals surface area contributed by atoms with Crippen molar-refractivity contribution >= 4 is 23.3 Å². The Morgan fingerprint density at radius 1 is 1.35 bits per heavy atom. The van der Waals surface area contributed by atoms with Gasteiger partial charge in [-0.25, -0.2) is 4.79 Å². The summed E-state index contributed by atoms with van der Waals surface area (Å²) >= 11 is 5.97. The van der Waals surface area contributed by atoms with Crippen LogP contribution in [0.15, 0.2) is 18.2 Å². The Bertz CT molecular complexity index is 380. The number of hydrogen-bond donors (Lipinski definition) is 2. The highest BCUT2D eigenvalue weighted by Crippen LogP contribution is 2.22. The lowest BCUT2D eigenvalue weighted by Gasteiger charge is -2.10. The molecule has 0 saturated heterocycles. The molecule has 0 aromatic heterocycles. The van der Waals surface area contributed by atoms with Gasteiger partial charge < -0.3 is 10.6 Å². The van der Waals surface area contributed by atoms with Gasteiger partial charge >= 0.3 is 6.03 Å². The largest absolute Gasteiger partial charge is 0.338 e. The van der Waals surface area contributed by atoms with Gasteiger partial charge in [0, 0.05) is 17.3 Å². The van der Waals surface area contributed by atoms with Crippen LogP contribution in [0.1, 0.15) is 31.7 Å². The van der Waals surface area contributed by atoms with Crippen LogP contribution in [0.5, 0.6) is 0 Å². The van der Waals surface area contributed by atoms with Crippen molar-refractivity contribution in [1.82, 2.24) is 5.32 Å². The van der Waals surface area contributed by atoms with E-state index in [2.05, 4.69) is 17.6 Å². The molecule has 0 aliphatic heterocycles. The number of amides is 2. The second-order valence-electron chi connectivity index (χ2n) is 4.00.